The highest BCUT2D eigenvalue weighted by atomic mass is 16.5. The second kappa shape index (κ2) is 3.27. The van der Waals surface area contributed by atoms with E-state index in [-0.39, 0.29) is 0 Å². The van der Waals surface area contributed by atoms with Crippen LogP contribution in [0.25, 0.3) is 0 Å². The summed E-state index contributed by atoms with van der Waals surface area (Å²) >= 11 is 0. The third-order valence-electron chi connectivity index (χ3n) is 1.30. The molecule has 0 atom stereocenters. The van der Waals surface area contributed by atoms with Crippen LogP contribution in [-0.4, -0.2) is 19.6 Å². The van der Waals surface area contributed by atoms with Gasteiger partial charge in [0.15, 0.2) is 0 Å². The number of allylic oxidation sites excluding steroid dienone is 1. The number of hydrogen-bond acceptors (Lipinski definition) is 3. The highest BCUT2D eigenvalue weighted by Crippen LogP contribution is 2.13. The SMILES string of the molecule is CCOC1=C(C)[N]N=C1OC. The largest absolute Gasteiger partial charge is 0.487 e. The first-order valence-electron chi connectivity index (χ1n) is 3.46. The van der Waals surface area contributed by atoms with E-state index in [9.17, 15) is 0 Å². The molecular weight excluding hydrogens is 144 g/mol. The molecule has 1 heterocycles. The number of nitrogens with zero attached hydrogens (tertiary/aromatic N) is 2. The second-order valence-electron chi connectivity index (χ2n) is 2.06. The maximum absolute atomic E-state index is 5.25. The van der Waals surface area contributed by atoms with Crippen LogP contribution < -0.4 is 5.43 Å². The Morgan fingerprint density at radius 3 is 2.73 bits per heavy atom. The van der Waals surface area contributed by atoms with E-state index in [1.54, 1.807) is 7.11 Å². The van der Waals surface area contributed by atoms with Crippen LogP contribution in [0.1, 0.15) is 13.8 Å². The van der Waals surface area contributed by atoms with E-state index < -0.39 is 0 Å². The third kappa shape index (κ3) is 1.45. The fourth-order valence-electron chi connectivity index (χ4n) is 0.810. The molecule has 0 N–H and O–H groups in total. The van der Waals surface area contributed by atoms with Gasteiger partial charge in [-0.25, -0.2) is 0 Å². The van der Waals surface area contributed by atoms with Crippen LogP contribution in [0, 0.1) is 0 Å². The third-order valence-corrected chi connectivity index (χ3v) is 1.30. The van der Waals surface area contributed by atoms with Crippen LogP contribution in [-0.2, 0) is 9.47 Å². The summed E-state index contributed by atoms with van der Waals surface area (Å²) in [7, 11) is 1.55. The minimum atomic E-state index is 0.462. The first-order chi connectivity index (χ1) is 5.29. The standard InChI is InChI=1S/C7H11N2O2/c1-4-11-6-5(2)8-9-7(6)10-3/h4H2,1-3H3. The van der Waals surface area contributed by atoms with Gasteiger partial charge in [-0.05, 0) is 13.8 Å². The monoisotopic (exact) mass is 155 g/mol. The van der Waals surface area contributed by atoms with Crippen molar-refractivity contribution in [3.05, 3.63) is 11.5 Å². The summed E-state index contributed by atoms with van der Waals surface area (Å²) in [5.74, 6) is 1.11. The summed E-state index contributed by atoms with van der Waals surface area (Å²) in [6.45, 7) is 4.34. The summed E-state index contributed by atoms with van der Waals surface area (Å²) in [6, 6.07) is 0. The second-order valence-corrected chi connectivity index (χ2v) is 2.06. The molecule has 0 saturated heterocycles. The predicted octanol–water partition coefficient (Wildman–Crippen LogP) is 0.832. The molecule has 0 bridgehead atoms. The van der Waals surface area contributed by atoms with Crippen LogP contribution in [0.2, 0.25) is 0 Å². The molecule has 0 spiro atoms. The number of ether oxygens (including phenoxy) is 2. The quantitative estimate of drug-likeness (QED) is 0.593. The first kappa shape index (κ1) is 7.91. The lowest BCUT2D eigenvalue weighted by molar-refractivity contribution is 0.231. The van der Waals surface area contributed by atoms with Gasteiger partial charge in [-0.2, -0.15) is 0 Å². The molecule has 61 valence electrons. The maximum Gasteiger partial charge on any atom is 0.278 e. The molecule has 0 aromatic rings. The zero-order valence-electron chi connectivity index (χ0n) is 6.92. The van der Waals surface area contributed by atoms with Crippen LogP contribution in [0.4, 0.5) is 0 Å². The highest BCUT2D eigenvalue weighted by molar-refractivity contribution is 5.93. The molecule has 1 radical (unpaired) electrons. The minimum absolute atomic E-state index is 0.462. The summed E-state index contributed by atoms with van der Waals surface area (Å²) < 4.78 is 10.2. The summed E-state index contributed by atoms with van der Waals surface area (Å²) in [5, 5.41) is 3.76. The average molecular weight is 155 g/mol. The van der Waals surface area contributed by atoms with Crippen LogP contribution in [0.5, 0.6) is 0 Å². The van der Waals surface area contributed by atoms with E-state index in [2.05, 4.69) is 10.5 Å². The van der Waals surface area contributed by atoms with E-state index in [0.29, 0.717) is 18.3 Å². The summed E-state index contributed by atoms with van der Waals surface area (Å²) in [5.41, 5.74) is 4.57. The smallest absolute Gasteiger partial charge is 0.278 e. The van der Waals surface area contributed by atoms with E-state index >= 15 is 0 Å². The van der Waals surface area contributed by atoms with Crippen molar-refractivity contribution in [2.24, 2.45) is 5.10 Å². The average Bonchev–Trinajstić information content (AvgIpc) is 2.34. The van der Waals surface area contributed by atoms with Gasteiger partial charge < -0.3 is 9.47 Å². The molecule has 4 nitrogen and oxygen atoms in total. The van der Waals surface area contributed by atoms with Crippen molar-refractivity contribution >= 4 is 5.90 Å². The van der Waals surface area contributed by atoms with Crippen LogP contribution in [0.3, 0.4) is 0 Å². The number of methoxy groups -OCH3 is 1. The normalized spacial score (nSPS) is 16.1. The zero-order chi connectivity index (χ0) is 8.27. The Morgan fingerprint density at radius 2 is 2.18 bits per heavy atom. The maximum atomic E-state index is 5.25. The van der Waals surface area contributed by atoms with Gasteiger partial charge >= 0.3 is 0 Å². The molecule has 0 amide bonds. The Kier molecular flexibility index (Phi) is 2.36. The van der Waals surface area contributed by atoms with Crippen molar-refractivity contribution in [3.63, 3.8) is 0 Å². The molecule has 0 unspecified atom stereocenters. The van der Waals surface area contributed by atoms with E-state index in [4.69, 9.17) is 9.47 Å². The van der Waals surface area contributed by atoms with Crippen molar-refractivity contribution in [2.75, 3.05) is 13.7 Å². The van der Waals surface area contributed by atoms with Crippen molar-refractivity contribution in [1.29, 1.82) is 0 Å². The van der Waals surface area contributed by atoms with Crippen LogP contribution >= 0.6 is 0 Å². The van der Waals surface area contributed by atoms with Crippen molar-refractivity contribution in [1.82, 2.24) is 5.43 Å². The zero-order valence-corrected chi connectivity index (χ0v) is 6.92. The summed E-state index contributed by atoms with van der Waals surface area (Å²) in [4.78, 5) is 0. The Hall–Kier alpha value is -1.19. The van der Waals surface area contributed by atoms with Crippen molar-refractivity contribution in [3.8, 4) is 0 Å². The molecule has 0 aromatic heterocycles. The molecule has 4 heteroatoms. The number of rotatable bonds is 2. The van der Waals surface area contributed by atoms with E-state index in [1.165, 1.54) is 0 Å². The van der Waals surface area contributed by atoms with Gasteiger partial charge in [-0.15, -0.1) is 10.5 Å². The van der Waals surface area contributed by atoms with Gasteiger partial charge in [0.2, 0.25) is 5.76 Å². The van der Waals surface area contributed by atoms with E-state index in [1.807, 2.05) is 13.8 Å². The topological polar surface area (TPSA) is 44.9 Å². The minimum Gasteiger partial charge on any atom is -0.487 e. The lowest BCUT2D eigenvalue weighted by atomic mass is 10.4. The molecule has 0 saturated carbocycles. The number of hydrogen-bond donors (Lipinski definition) is 0. The fourth-order valence-corrected chi connectivity index (χ4v) is 0.810. The van der Waals surface area contributed by atoms with Gasteiger partial charge in [0.1, 0.15) is 5.70 Å². The Balaban J connectivity index is 2.70. The van der Waals surface area contributed by atoms with Gasteiger partial charge in [-0.3, -0.25) is 0 Å². The molecule has 1 rings (SSSR count). The fraction of sp³-hybridized carbons (Fsp3) is 0.571. The van der Waals surface area contributed by atoms with Gasteiger partial charge in [0.25, 0.3) is 5.90 Å². The summed E-state index contributed by atoms with van der Waals surface area (Å²) in [6.07, 6.45) is 0. The van der Waals surface area contributed by atoms with Crippen molar-refractivity contribution < 1.29 is 9.47 Å². The Labute approximate surface area is 65.9 Å². The highest BCUT2D eigenvalue weighted by Gasteiger charge is 2.19. The molecule has 1 aliphatic rings. The lowest BCUT2D eigenvalue weighted by Gasteiger charge is -2.04. The molecule has 1 aliphatic heterocycles. The molecule has 11 heavy (non-hydrogen) atoms. The Morgan fingerprint density at radius 1 is 1.45 bits per heavy atom. The molecule has 0 aliphatic carbocycles. The van der Waals surface area contributed by atoms with Gasteiger partial charge in [0, 0.05) is 0 Å². The van der Waals surface area contributed by atoms with Crippen molar-refractivity contribution in [2.45, 2.75) is 13.8 Å². The van der Waals surface area contributed by atoms with Crippen LogP contribution in [0.15, 0.2) is 16.6 Å². The molecule has 0 aromatic carbocycles. The van der Waals surface area contributed by atoms with Gasteiger partial charge in [-0.1, -0.05) is 0 Å². The predicted molar refractivity (Wildman–Crippen MR) is 40.9 cm³/mol. The van der Waals surface area contributed by atoms with Gasteiger partial charge in [0.05, 0.1) is 13.7 Å². The molecule has 0 fully saturated rings. The lowest BCUT2D eigenvalue weighted by Crippen LogP contribution is -2.06. The Bertz CT molecular complexity index is 208. The molecular formula is C7H11N2O2. The van der Waals surface area contributed by atoms with E-state index in [0.717, 1.165) is 5.70 Å². The first-order valence-corrected chi connectivity index (χ1v) is 3.46.